The van der Waals surface area contributed by atoms with Gasteiger partial charge in [-0.3, -0.25) is 4.79 Å². The first-order valence-electron chi connectivity index (χ1n) is 7.30. The van der Waals surface area contributed by atoms with Crippen LogP contribution in [-0.4, -0.2) is 18.0 Å². The van der Waals surface area contributed by atoms with Gasteiger partial charge in [0.25, 0.3) is 5.91 Å². The Morgan fingerprint density at radius 2 is 1.75 bits per heavy atom. The molecule has 24 heavy (non-hydrogen) atoms. The minimum atomic E-state index is -0.931. The fraction of sp³-hybridized carbons (Fsp3) is 0.111. The van der Waals surface area contributed by atoms with Crippen LogP contribution in [0.25, 0.3) is 10.1 Å². The number of para-hydroxylation sites is 1. The molecule has 0 saturated heterocycles. The van der Waals surface area contributed by atoms with Crippen molar-refractivity contribution in [3.8, 4) is 0 Å². The Bertz CT molecular complexity index is 892. The van der Waals surface area contributed by atoms with Crippen molar-refractivity contribution >= 4 is 50.6 Å². The number of hydrogen-bond acceptors (Lipinski definition) is 4. The number of benzene rings is 2. The summed E-state index contributed by atoms with van der Waals surface area (Å²) in [6.45, 7) is 1.53. The van der Waals surface area contributed by atoms with Crippen LogP contribution in [0.4, 0.5) is 5.69 Å². The highest BCUT2D eigenvalue weighted by atomic mass is 35.5. The molecule has 6 heteroatoms. The van der Waals surface area contributed by atoms with Gasteiger partial charge in [-0.2, -0.15) is 0 Å². The first-order valence-corrected chi connectivity index (χ1v) is 8.49. The molecule has 1 amide bonds. The van der Waals surface area contributed by atoms with E-state index in [0.717, 1.165) is 10.1 Å². The molecule has 0 fully saturated rings. The molecule has 0 aliphatic carbocycles. The molecular formula is C18H14ClNO3S. The summed E-state index contributed by atoms with van der Waals surface area (Å²) in [7, 11) is 0. The highest BCUT2D eigenvalue weighted by Crippen LogP contribution is 2.35. The molecule has 0 spiro atoms. The molecule has 122 valence electrons. The van der Waals surface area contributed by atoms with E-state index >= 15 is 0 Å². The van der Waals surface area contributed by atoms with Gasteiger partial charge in [0.15, 0.2) is 6.10 Å². The number of halogens is 1. The Hall–Kier alpha value is -2.37. The minimum Gasteiger partial charge on any atom is -0.448 e. The maximum absolute atomic E-state index is 12.3. The normalized spacial score (nSPS) is 11.9. The second kappa shape index (κ2) is 7.03. The summed E-state index contributed by atoms with van der Waals surface area (Å²) in [4.78, 5) is 24.7. The van der Waals surface area contributed by atoms with Crippen molar-refractivity contribution in [1.29, 1.82) is 0 Å². The van der Waals surface area contributed by atoms with Crippen LogP contribution in [0.3, 0.4) is 0 Å². The maximum Gasteiger partial charge on any atom is 0.350 e. The molecule has 1 aromatic heterocycles. The lowest BCUT2D eigenvalue weighted by molar-refractivity contribution is -0.123. The van der Waals surface area contributed by atoms with Crippen LogP contribution in [0.1, 0.15) is 16.6 Å². The molecule has 3 aromatic rings. The van der Waals surface area contributed by atoms with E-state index in [1.165, 1.54) is 18.3 Å². The Balaban J connectivity index is 1.71. The van der Waals surface area contributed by atoms with E-state index in [2.05, 4.69) is 5.32 Å². The van der Waals surface area contributed by atoms with Crippen molar-refractivity contribution in [2.24, 2.45) is 0 Å². The topological polar surface area (TPSA) is 55.4 Å². The number of carbonyl (C=O) groups is 2. The van der Waals surface area contributed by atoms with Gasteiger partial charge in [0.1, 0.15) is 4.88 Å². The molecule has 1 N–H and O–H groups in total. The molecule has 0 saturated carbocycles. The second-order valence-corrected chi connectivity index (χ2v) is 6.57. The lowest BCUT2D eigenvalue weighted by atomic mass is 10.2. The van der Waals surface area contributed by atoms with E-state index < -0.39 is 18.0 Å². The SMILES string of the molecule is C[C@@H](OC(=O)c1sc2ccccc2c1Cl)C(=O)Nc1ccccc1. The van der Waals surface area contributed by atoms with Gasteiger partial charge < -0.3 is 10.1 Å². The van der Waals surface area contributed by atoms with E-state index in [1.54, 1.807) is 12.1 Å². The van der Waals surface area contributed by atoms with Crippen molar-refractivity contribution in [2.45, 2.75) is 13.0 Å². The molecule has 0 bridgehead atoms. The predicted molar refractivity (Wildman–Crippen MR) is 96.8 cm³/mol. The van der Waals surface area contributed by atoms with Crippen molar-refractivity contribution in [3.05, 3.63) is 64.5 Å². The average Bonchev–Trinajstić information content (AvgIpc) is 2.93. The number of rotatable bonds is 4. The number of anilines is 1. The summed E-state index contributed by atoms with van der Waals surface area (Å²) in [5.41, 5.74) is 0.644. The third-order valence-corrected chi connectivity index (χ3v) is 5.07. The monoisotopic (exact) mass is 359 g/mol. The van der Waals surface area contributed by atoms with Gasteiger partial charge in [0.2, 0.25) is 0 Å². The van der Waals surface area contributed by atoms with Gasteiger partial charge in [0, 0.05) is 15.8 Å². The van der Waals surface area contributed by atoms with Crippen LogP contribution in [0.5, 0.6) is 0 Å². The lowest BCUT2D eigenvalue weighted by Gasteiger charge is -2.13. The molecule has 1 heterocycles. The zero-order valence-electron chi connectivity index (χ0n) is 12.8. The van der Waals surface area contributed by atoms with Crippen molar-refractivity contribution in [1.82, 2.24) is 0 Å². The van der Waals surface area contributed by atoms with E-state index in [1.807, 2.05) is 42.5 Å². The predicted octanol–water partition coefficient (Wildman–Crippen LogP) is 4.74. The average molecular weight is 360 g/mol. The quantitative estimate of drug-likeness (QED) is 0.684. The fourth-order valence-electron chi connectivity index (χ4n) is 2.18. The standard InChI is InChI=1S/C18H14ClNO3S/c1-11(17(21)20-12-7-3-2-4-8-12)23-18(22)16-15(19)13-9-5-6-10-14(13)24-16/h2-11H,1H3,(H,20,21)/t11-/m1/s1. The van der Waals surface area contributed by atoms with Crippen LogP contribution in [0, 0.1) is 0 Å². The van der Waals surface area contributed by atoms with Gasteiger partial charge in [-0.1, -0.05) is 48.0 Å². The molecule has 1 atom stereocenters. The highest BCUT2D eigenvalue weighted by Gasteiger charge is 2.23. The van der Waals surface area contributed by atoms with Gasteiger partial charge in [0.05, 0.1) is 5.02 Å². The summed E-state index contributed by atoms with van der Waals surface area (Å²) in [5, 5.41) is 3.85. The van der Waals surface area contributed by atoms with Crippen molar-refractivity contribution in [3.63, 3.8) is 0 Å². The maximum atomic E-state index is 12.3. The number of carbonyl (C=O) groups excluding carboxylic acids is 2. The van der Waals surface area contributed by atoms with Crippen molar-refractivity contribution in [2.75, 3.05) is 5.32 Å². The molecule has 0 aliphatic rings. The molecule has 0 unspecified atom stereocenters. The number of nitrogens with one attached hydrogen (secondary N) is 1. The highest BCUT2D eigenvalue weighted by molar-refractivity contribution is 7.21. The van der Waals surface area contributed by atoms with Gasteiger partial charge in [-0.25, -0.2) is 4.79 Å². The minimum absolute atomic E-state index is 0.303. The van der Waals surface area contributed by atoms with Crippen molar-refractivity contribution < 1.29 is 14.3 Å². The van der Waals surface area contributed by atoms with Gasteiger partial charge >= 0.3 is 5.97 Å². The van der Waals surface area contributed by atoms with Crippen LogP contribution < -0.4 is 5.32 Å². The molecule has 0 aliphatic heterocycles. The Kier molecular flexibility index (Phi) is 4.83. The number of fused-ring (bicyclic) bond motifs is 1. The van der Waals surface area contributed by atoms with E-state index in [0.29, 0.717) is 15.6 Å². The summed E-state index contributed by atoms with van der Waals surface area (Å²) >= 11 is 7.51. The summed E-state index contributed by atoms with van der Waals surface area (Å²) in [6, 6.07) is 16.4. The Morgan fingerprint density at radius 1 is 1.08 bits per heavy atom. The summed E-state index contributed by atoms with van der Waals surface area (Å²) in [6.07, 6.45) is -0.931. The molecule has 2 aromatic carbocycles. The largest absolute Gasteiger partial charge is 0.448 e. The van der Waals surface area contributed by atoms with E-state index in [4.69, 9.17) is 16.3 Å². The second-order valence-electron chi connectivity index (χ2n) is 5.14. The summed E-state index contributed by atoms with van der Waals surface area (Å²) < 4.78 is 6.15. The zero-order chi connectivity index (χ0) is 17.1. The lowest BCUT2D eigenvalue weighted by Crippen LogP contribution is -2.29. The van der Waals surface area contributed by atoms with Crippen LogP contribution in [0.15, 0.2) is 54.6 Å². The number of ether oxygens (including phenoxy) is 1. The van der Waals surface area contributed by atoms with E-state index in [9.17, 15) is 9.59 Å². The third-order valence-electron chi connectivity index (χ3n) is 3.41. The molecular weight excluding hydrogens is 346 g/mol. The number of hydrogen-bond donors (Lipinski definition) is 1. The van der Waals surface area contributed by atoms with Gasteiger partial charge in [-0.05, 0) is 25.1 Å². The first kappa shape index (κ1) is 16.5. The zero-order valence-corrected chi connectivity index (χ0v) is 14.4. The van der Waals surface area contributed by atoms with Crippen LogP contribution in [-0.2, 0) is 9.53 Å². The number of esters is 1. The first-order chi connectivity index (χ1) is 11.6. The number of amides is 1. The molecule has 0 radical (unpaired) electrons. The van der Waals surface area contributed by atoms with Crippen LogP contribution in [0.2, 0.25) is 5.02 Å². The van der Waals surface area contributed by atoms with Gasteiger partial charge in [-0.15, -0.1) is 11.3 Å². The number of thiophene rings is 1. The Labute approximate surface area is 148 Å². The molecule has 4 nitrogen and oxygen atoms in total. The smallest absolute Gasteiger partial charge is 0.350 e. The molecule has 3 rings (SSSR count). The third kappa shape index (κ3) is 3.42. The van der Waals surface area contributed by atoms with E-state index in [-0.39, 0.29) is 0 Å². The fourth-order valence-corrected chi connectivity index (χ4v) is 3.57. The van der Waals surface area contributed by atoms with Crippen LogP contribution >= 0.6 is 22.9 Å². The summed E-state index contributed by atoms with van der Waals surface area (Å²) in [5.74, 6) is -0.997. The Morgan fingerprint density at radius 3 is 2.46 bits per heavy atom.